The van der Waals surface area contributed by atoms with E-state index in [1.165, 1.54) is 39.2 Å². The highest BCUT2D eigenvalue weighted by molar-refractivity contribution is 5.99. The average molecular weight is 396 g/mol. The van der Waals surface area contributed by atoms with Crippen LogP contribution in [0.2, 0.25) is 0 Å². The summed E-state index contributed by atoms with van der Waals surface area (Å²) in [6.07, 6.45) is 0.246. The third kappa shape index (κ3) is 2.04. The highest BCUT2D eigenvalue weighted by atomic mass is 15.4. The van der Waals surface area contributed by atoms with Gasteiger partial charge in [0.2, 0.25) is 5.78 Å². The summed E-state index contributed by atoms with van der Waals surface area (Å²) in [5.74, 6) is 0.983. The minimum atomic E-state index is 0.246. The summed E-state index contributed by atoms with van der Waals surface area (Å²) in [6, 6.07) is 19.7. The number of fused-ring (bicyclic) bond motifs is 6. The molecule has 3 heterocycles. The molecule has 1 atom stereocenters. The Hall–Kier alpha value is -3.47. The molecule has 0 unspecified atom stereocenters. The molecule has 6 rings (SSSR count). The van der Waals surface area contributed by atoms with Crippen molar-refractivity contribution in [1.82, 2.24) is 14.0 Å². The number of anilines is 3. The molecule has 0 radical (unpaired) electrons. The summed E-state index contributed by atoms with van der Waals surface area (Å²) >= 11 is 0. The number of rotatable bonds is 1. The van der Waals surface area contributed by atoms with Gasteiger partial charge in [-0.05, 0) is 56.2 Å². The smallest absolute Gasteiger partial charge is 0.215 e. The van der Waals surface area contributed by atoms with Crippen LogP contribution in [0.5, 0.6) is 0 Å². The summed E-state index contributed by atoms with van der Waals surface area (Å²) in [5.41, 5.74) is 10.9. The Morgan fingerprint density at radius 2 is 1.50 bits per heavy atom. The molecule has 5 aromatic rings. The lowest BCUT2D eigenvalue weighted by atomic mass is 10.1. The molecule has 1 aliphatic heterocycles. The van der Waals surface area contributed by atoms with Gasteiger partial charge in [0.15, 0.2) is 0 Å². The largest absolute Gasteiger partial charge is 0.352 e. The maximum Gasteiger partial charge on any atom is 0.215 e. The Labute approximate surface area is 175 Å². The van der Waals surface area contributed by atoms with Crippen molar-refractivity contribution in [1.29, 1.82) is 0 Å². The number of imidazole rings is 2. The van der Waals surface area contributed by atoms with Gasteiger partial charge in [0.05, 0.1) is 33.4 Å². The highest BCUT2D eigenvalue weighted by Gasteiger charge is 2.33. The van der Waals surface area contributed by atoms with E-state index in [4.69, 9.17) is 4.98 Å². The predicted octanol–water partition coefficient (Wildman–Crippen LogP) is 5.53. The fourth-order valence-electron chi connectivity index (χ4n) is 5.02. The average Bonchev–Trinajstić information content (AvgIpc) is 3.33. The lowest BCUT2D eigenvalue weighted by Crippen LogP contribution is -2.35. The van der Waals surface area contributed by atoms with Crippen molar-refractivity contribution in [2.24, 2.45) is 7.05 Å². The Bertz CT molecular complexity index is 1470. The highest BCUT2D eigenvalue weighted by Crippen LogP contribution is 2.46. The first kappa shape index (κ1) is 17.4. The Morgan fingerprint density at radius 3 is 2.30 bits per heavy atom. The maximum absolute atomic E-state index is 4.98. The zero-order valence-electron chi connectivity index (χ0n) is 18.0. The van der Waals surface area contributed by atoms with Gasteiger partial charge in [-0.2, -0.15) is 0 Å². The molecule has 0 aliphatic carbocycles. The fraction of sp³-hybridized carbons (Fsp3) is 0.240. The van der Waals surface area contributed by atoms with Crippen LogP contribution in [0.25, 0.3) is 27.8 Å². The molecule has 1 aliphatic rings. The molecule has 0 fully saturated rings. The van der Waals surface area contributed by atoms with Gasteiger partial charge in [-0.3, -0.25) is 4.40 Å². The number of para-hydroxylation sites is 2. The van der Waals surface area contributed by atoms with Crippen LogP contribution in [0, 0.1) is 13.8 Å². The number of hydrogen-bond donors (Lipinski definition) is 0. The zero-order valence-corrected chi connectivity index (χ0v) is 18.0. The van der Waals surface area contributed by atoms with Crippen molar-refractivity contribution in [3.05, 3.63) is 65.7 Å². The quantitative estimate of drug-likeness (QED) is 0.374. The van der Waals surface area contributed by atoms with Crippen LogP contribution < -0.4 is 9.80 Å². The van der Waals surface area contributed by atoms with Gasteiger partial charge in [-0.1, -0.05) is 30.3 Å². The second kappa shape index (κ2) is 5.79. The van der Waals surface area contributed by atoms with Crippen LogP contribution >= 0.6 is 0 Å². The SMILES string of the molecule is Cc1ccccc1N1c2cc3c(cc2N(C)[C@@H]1C)n(C)c1nc2c(C)cccc2n31. The van der Waals surface area contributed by atoms with E-state index in [1.54, 1.807) is 0 Å². The van der Waals surface area contributed by atoms with E-state index in [-0.39, 0.29) is 6.17 Å². The van der Waals surface area contributed by atoms with Crippen LogP contribution in [0.15, 0.2) is 54.6 Å². The van der Waals surface area contributed by atoms with Gasteiger partial charge < -0.3 is 14.4 Å². The van der Waals surface area contributed by atoms with E-state index < -0.39 is 0 Å². The number of benzene rings is 3. The molecular formula is C25H25N5. The van der Waals surface area contributed by atoms with Crippen molar-refractivity contribution < 1.29 is 0 Å². The van der Waals surface area contributed by atoms with Gasteiger partial charge in [0.25, 0.3) is 0 Å². The topological polar surface area (TPSA) is 28.7 Å². The lowest BCUT2D eigenvalue weighted by molar-refractivity contribution is 0.732. The number of nitrogens with zero attached hydrogens (tertiary/aromatic N) is 5. The third-order valence-corrected chi connectivity index (χ3v) is 6.79. The molecule has 0 spiro atoms. The molecule has 0 saturated carbocycles. The second-order valence-corrected chi connectivity index (χ2v) is 8.48. The lowest BCUT2D eigenvalue weighted by Gasteiger charge is -2.28. The van der Waals surface area contributed by atoms with Crippen molar-refractivity contribution in [3.8, 4) is 0 Å². The Kier molecular flexibility index (Phi) is 3.35. The molecule has 0 bridgehead atoms. The molecule has 0 N–H and O–H groups in total. The van der Waals surface area contributed by atoms with Gasteiger partial charge in [-0.15, -0.1) is 0 Å². The van der Waals surface area contributed by atoms with E-state index in [0.29, 0.717) is 0 Å². The standard InChI is InChI=1S/C25H25N5/c1-15-9-6-7-11-18(15)29-17(3)27(4)20-13-21-23(14-22(20)29)30-19-12-8-10-16(2)24(19)26-25(30)28(21)5/h6-14,17H,1-5H3/t17-/m0/s1. The molecule has 0 saturated heterocycles. The van der Waals surface area contributed by atoms with E-state index in [2.05, 4.69) is 108 Å². The summed E-state index contributed by atoms with van der Waals surface area (Å²) in [6.45, 7) is 6.58. The first-order chi connectivity index (χ1) is 14.5. The van der Waals surface area contributed by atoms with E-state index in [9.17, 15) is 0 Å². The first-order valence-electron chi connectivity index (χ1n) is 10.5. The van der Waals surface area contributed by atoms with Crippen LogP contribution in [0.4, 0.5) is 17.1 Å². The van der Waals surface area contributed by atoms with Crippen LogP contribution in [0.3, 0.4) is 0 Å². The van der Waals surface area contributed by atoms with E-state index in [1.807, 2.05) is 0 Å². The second-order valence-electron chi connectivity index (χ2n) is 8.48. The molecule has 3 aromatic carbocycles. The minimum Gasteiger partial charge on any atom is -0.352 e. The number of aryl methyl sites for hydroxylation is 3. The van der Waals surface area contributed by atoms with Crippen molar-refractivity contribution in [2.45, 2.75) is 26.9 Å². The molecule has 5 nitrogen and oxygen atoms in total. The van der Waals surface area contributed by atoms with E-state index in [0.717, 1.165) is 16.8 Å². The van der Waals surface area contributed by atoms with Gasteiger partial charge in [-0.25, -0.2) is 4.98 Å². The number of hydrogen-bond acceptors (Lipinski definition) is 3. The van der Waals surface area contributed by atoms with Gasteiger partial charge in [0.1, 0.15) is 6.17 Å². The van der Waals surface area contributed by atoms with Crippen molar-refractivity contribution in [2.75, 3.05) is 16.8 Å². The Balaban J connectivity index is 1.71. The Morgan fingerprint density at radius 1 is 0.767 bits per heavy atom. The van der Waals surface area contributed by atoms with Crippen LogP contribution in [-0.4, -0.2) is 27.2 Å². The molecular weight excluding hydrogens is 370 g/mol. The normalized spacial score (nSPS) is 16.4. The molecule has 0 amide bonds. The van der Waals surface area contributed by atoms with Crippen LogP contribution in [0.1, 0.15) is 18.1 Å². The zero-order chi connectivity index (χ0) is 20.7. The van der Waals surface area contributed by atoms with Gasteiger partial charge >= 0.3 is 0 Å². The minimum absolute atomic E-state index is 0.246. The summed E-state index contributed by atoms with van der Waals surface area (Å²) < 4.78 is 4.51. The molecule has 30 heavy (non-hydrogen) atoms. The number of aromatic nitrogens is 3. The van der Waals surface area contributed by atoms with Gasteiger partial charge in [0, 0.05) is 19.8 Å². The van der Waals surface area contributed by atoms with E-state index >= 15 is 0 Å². The summed E-state index contributed by atoms with van der Waals surface area (Å²) in [5, 5.41) is 0. The predicted molar refractivity (Wildman–Crippen MR) is 125 cm³/mol. The summed E-state index contributed by atoms with van der Waals surface area (Å²) in [7, 11) is 4.29. The van der Waals surface area contributed by atoms with Crippen molar-refractivity contribution in [3.63, 3.8) is 0 Å². The monoisotopic (exact) mass is 395 g/mol. The summed E-state index contributed by atoms with van der Waals surface area (Å²) in [4.78, 5) is 9.79. The molecule has 150 valence electrons. The van der Waals surface area contributed by atoms with Crippen LogP contribution in [-0.2, 0) is 7.05 Å². The maximum atomic E-state index is 4.98. The molecule has 2 aromatic heterocycles. The fourth-order valence-corrected chi connectivity index (χ4v) is 5.02. The van der Waals surface area contributed by atoms with Crippen molar-refractivity contribution >= 4 is 44.9 Å². The first-order valence-corrected chi connectivity index (χ1v) is 10.5. The molecule has 5 heteroatoms. The third-order valence-electron chi connectivity index (χ3n) is 6.79.